The first-order valence-corrected chi connectivity index (χ1v) is 7.14. The first kappa shape index (κ1) is 16.5. The van der Waals surface area contributed by atoms with E-state index in [1.54, 1.807) is 0 Å². The lowest BCUT2D eigenvalue weighted by Crippen LogP contribution is -2.44. The molecule has 2 heterocycles. The van der Waals surface area contributed by atoms with Crippen LogP contribution in [0.5, 0.6) is 0 Å². The van der Waals surface area contributed by atoms with Gasteiger partial charge in [0.25, 0.3) is 0 Å². The quantitative estimate of drug-likeness (QED) is 0.596. The van der Waals surface area contributed by atoms with Crippen LogP contribution in [0.3, 0.4) is 0 Å². The second kappa shape index (κ2) is 10.3. The molecule has 0 aliphatic carbocycles. The van der Waals surface area contributed by atoms with Gasteiger partial charge in [-0.25, -0.2) is 0 Å². The molecule has 112 valence electrons. The Balaban J connectivity index is 0.000000191. The molecule has 6 heteroatoms. The minimum absolute atomic E-state index is 0.292. The Hall–Kier alpha value is -0.530. The molecule has 2 saturated heterocycles. The van der Waals surface area contributed by atoms with Gasteiger partial charge in [-0.3, -0.25) is 9.80 Å². The van der Waals surface area contributed by atoms with Crippen LogP contribution >= 0.6 is 0 Å². The molecule has 0 amide bonds. The van der Waals surface area contributed by atoms with Crippen molar-refractivity contribution in [3.05, 3.63) is 0 Å². The summed E-state index contributed by atoms with van der Waals surface area (Å²) in [4.78, 5) is 16.8. The van der Waals surface area contributed by atoms with Crippen molar-refractivity contribution in [1.82, 2.24) is 20.0 Å². The van der Waals surface area contributed by atoms with Gasteiger partial charge < -0.3 is 20.1 Å². The third kappa shape index (κ3) is 7.59. The van der Waals surface area contributed by atoms with Crippen molar-refractivity contribution in [3.63, 3.8) is 0 Å². The topological polar surface area (TPSA) is 59.1 Å². The van der Waals surface area contributed by atoms with Crippen molar-refractivity contribution in [3.8, 4) is 0 Å². The predicted molar refractivity (Wildman–Crippen MR) is 76.4 cm³/mol. The van der Waals surface area contributed by atoms with Crippen LogP contribution in [-0.4, -0.2) is 105 Å². The summed E-state index contributed by atoms with van der Waals surface area (Å²) < 4.78 is 0. The molecule has 0 aromatic rings. The Labute approximate surface area is 116 Å². The SMILES string of the molecule is CN1CCN(CC=O)CC1.OCCN1CCNCC1. The van der Waals surface area contributed by atoms with E-state index in [1.807, 2.05) is 0 Å². The molecule has 0 spiro atoms. The number of piperazine rings is 2. The van der Waals surface area contributed by atoms with Crippen LogP contribution in [0.15, 0.2) is 0 Å². The molecular formula is C13H28N4O2. The Kier molecular flexibility index (Phi) is 8.94. The Morgan fingerprint density at radius 1 is 1.05 bits per heavy atom. The summed E-state index contributed by atoms with van der Waals surface area (Å²) in [5.74, 6) is 0. The third-order valence-corrected chi connectivity index (χ3v) is 3.55. The van der Waals surface area contributed by atoms with E-state index in [-0.39, 0.29) is 0 Å². The molecule has 0 aromatic carbocycles. The summed E-state index contributed by atoms with van der Waals surface area (Å²) in [6.07, 6.45) is 0.978. The Bertz CT molecular complexity index is 224. The van der Waals surface area contributed by atoms with Crippen molar-refractivity contribution in [2.75, 3.05) is 79.1 Å². The Morgan fingerprint density at radius 2 is 1.68 bits per heavy atom. The zero-order valence-electron chi connectivity index (χ0n) is 12.1. The molecule has 6 nitrogen and oxygen atoms in total. The van der Waals surface area contributed by atoms with Crippen LogP contribution in [0.4, 0.5) is 0 Å². The number of β-amino-alcohol motifs (C(OH)–C–C–N with tert-alkyl or cyclic N) is 1. The van der Waals surface area contributed by atoms with Crippen molar-refractivity contribution >= 4 is 6.29 Å². The first-order chi connectivity index (χ1) is 9.26. The molecule has 0 atom stereocenters. The van der Waals surface area contributed by atoms with Crippen LogP contribution in [0.1, 0.15) is 0 Å². The maximum absolute atomic E-state index is 10.1. The normalized spacial score (nSPS) is 22.6. The van der Waals surface area contributed by atoms with Gasteiger partial charge >= 0.3 is 0 Å². The summed E-state index contributed by atoms with van der Waals surface area (Å²) in [5.41, 5.74) is 0. The smallest absolute Gasteiger partial charge is 0.133 e. The highest BCUT2D eigenvalue weighted by atomic mass is 16.3. The number of aldehydes is 1. The van der Waals surface area contributed by atoms with E-state index >= 15 is 0 Å². The van der Waals surface area contributed by atoms with Crippen LogP contribution in [0.2, 0.25) is 0 Å². The fraction of sp³-hybridized carbons (Fsp3) is 0.923. The lowest BCUT2D eigenvalue weighted by Gasteiger charge is -2.30. The summed E-state index contributed by atoms with van der Waals surface area (Å²) in [6.45, 7) is 10.3. The number of hydrogen-bond donors (Lipinski definition) is 2. The zero-order chi connectivity index (χ0) is 13.9. The van der Waals surface area contributed by atoms with Crippen molar-refractivity contribution in [2.45, 2.75) is 0 Å². The minimum Gasteiger partial charge on any atom is -0.395 e. The van der Waals surface area contributed by atoms with E-state index in [0.29, 0.717) is 13.2 Å². The average Bonchev–Trinajstić information content (AvgIpc) is 2.44. The number of nitrogens with one attached hydrogen (secondary N) is 1. The molecule has 19 heavy (non-hydrogen) atoms. The highest BCUT2D eigenvalue weighted by Crippen LogP contribution is 1.96. The van der Waals surface area contributed by atoms with Crippen LogP contribution in [0.25, 0.3) is 0 Å². The van der Waals surface area contributed by atoms with E-state index in [4.69, 9.17) is 5.11 Å². The van der Waals surface area contributed by atoms with Gasteiger partial charge in [-0.1, -0.05) is 0 Å². The lowest BCUT2D eigenvalue weighted by atomic mass is 10.3. The summed E-state index contributed by atoms with van der Waals surface area (Å²) in [7, 11) is 2.11. The van der Waals surface area contributed by atoms with Crippen molar-refractivity contribution in [2.24, 2.45) is 0 Å². The molecular weight excluding hydrogens is 244 g/mol. The number of hydrogen-bond acceptors (Lipinski definition) is 6. The highest BCUT2D eigenvalue weighted by molar-refractivity contribution is 5.51. The first-order valence-electron chi connectivity index (χ1n) is 7.14. The molecule has 2 fully saturated rings. The Morgan fingerprint density at radius 3 is 2.21 bits per heavy atom. The lowest BCUT2D eigenvalue weighted by molar-refractivity contribution is -0.109. The molecule has 2 N–H and O–H groups in total. The van der Waals surface area contributed by atoms with Gasteiger partial charge in [-0.15, -0.1) is 0 Å². The number of likely N-dealkylation sites (N-methyl/N-ethyl adjacent to an activating group) is 1. The van der Waals surface area contributed by atoms with Crippen molar-refractivity contribution in [1.29, 1.82) is 0 Å². The van der Waals surface area contributed by atoms with Gasteiger partial charge in [-0.05, 0) is 7.05 Å². The van der Waals surface area contributed by atoms with E-state index in [1.165, 1.54) is 0 Å². The second-order valence-electron chi connectivity index (χ2n) is 5.09. The standard InChI is InChI=1S/C7H14N2O.C6H14N2O/c1-8-2-4-9(5-3-8)6-7-10;9-6-5-8-3-1-7-2-4-8/h7H,2-6H2,1H3;7,9H,1-6H2. The van der Waals surface area contributed by atoms with E-state index in [9.17, 15) is 4.79 Å². The summed E-state index contributed by atoms with van der Waals surface area (Å²) in [5, 5.41) is 11.8. The molecule has 0 aromatic heterocycles. The van der Waals surface area contributed by atoms with Crippen LogP contribution in [-0.2, 0) is 4.79 Å². The maximum atomic E-state index is 10.1. The molecule has 0 unspecified atom stereocenters. The van der Waals surface area contributed by atoms with Gasteiger partial charge in [0.2, 0.25) is 0 Å². The van der Waals surface area contributed by atoms with Crippen molar-refractivity contribution < 1.29 is 9.90 Å². The summed E-state index contributed by atoms with van der Waals surface area (Å²) >= 11 is 0. The molecule has 2 aliphatic rings. The van der Waals surface area contributed by atoms with Crippen LogP contribution in [0, 0.1) is 0 Å². The fourth-order valence-electron chi connectivity index (χ4n) is 2.21. The van der Waals surface area contributed by atoms with E-state index < -0.39 is 0 Å². The third-order valence-electron chi connectivity index (χ3n) is 3.55. The summed E-state index contributed by atoms with van der Waals surface area (Å²) in [6, 6.07) is 0. The van der Waals surface area contributed by atoms with Crippen LogP contribution < -0.4 is 5.32 Å². The van der Waals surface area contributed by atoms with Gasteiger partial charge in [0, 0.05) is 58.9 Å². The molecule has 0 saturated carbocycles. The fourth-order valence-corrected chi connectivity index (χ4v) is 2.21. The van der Waals surface area contributed by atoms with E-state index in [2.05, 4.69) is 27.1 Å². The number of carbonyl (C=O) groups excluding carboxylic acids is 1. The molecule has 2 rings (SSSR count). The van der Waals surface area contributed by atoms with Gasteiger partial charge in [0.05, 0.1) is 13.2 Å². The molecule has 2 aliphatic heterocycles. The molecule has 0 bridgehead atoms. The van der Waals surface area contributed by atoms with Gasteiger partial charge in [0.1, 0.15) is 6.29 Å². The highest BCUT2D eigenvalue weighted by Gasteiger charge is 2.11. The number of aliphatic hydroxyl groups is 1. The second-order valence-corrected chi connectivity index (χ2v) is 5.09. The van der Waals surface area contributed by atoms with E-state index in [0.717, 1.165) is 65.2 Å². The number of carbonyl (C=O) groups is 1. The zero-order valence-corrected chi connectivity index (χ0v) is 12.1. The molecule has 0 radical (unpaired) electrons. The van der Waals surface area contributed by atoms with Gasteiger partial charge in [-0.2, -0.15) is 0 Å². The number of nitrogens with zero attached hydrogens (tertiary/aromatic N) is 3. The number of rotatable bonds is 4. The predicted octanol–water partition coefficient (Wildman–Crippen LogP) is -1.68. The minimum atomic E-state index is 0.292. The average molecular weight is 272 g/mol. The van der Waals surface area contributed by atoms with Gasteiger partial charge in [0.15, 0.2) is 0 Å². The largest absolute Gasteiger partial charge is 0.395 e. The monoisotopic (exact) mass is 272 g/mol. The number of aliphatic hydroxyl groups excluding tert-OH is 1. The maximum Gasteiger partial charge on any atom is 0.133 e.